The highest BCUT2D eigenvalue weighted by Crippen LogP contribution is 2.24. The number of halogens is 1. The summed E-state index contributed by atoms with van der Waals surface area (Å²) >= 11 is 6.07. The first kappa shape index (κ1) is 14.2. The van der Waals surface area contributed by atoms with Crippen LogP contribution in [0.15, 0.2) is 54.6 Å². The lowest BCUT2D eigenvalue weighted by Crippen LogP contribution is -1.88. The molecule has 4 nitrogen and oxygen atoms in total. The molecule has 5 heteroatoms. The number of hydrogen-bond donors (Lipinski definition) is 0. The van der Waals surface area contributed by atoms with Crippen molar-refractivity contribution in [2.24, 2.45) is 0 Å². The highest BCUT2D eigenvalue weighted by atomic mass is 35.5. The predicted octanol–water partition coefficient (Wildman–Crippen LogP) is 4.97. The van der Waals surface area contributed by atoms with Crippen LogP contribution in [0.1, 0.15) is 11.3 Å². The number of nitrogens with zero attached hydrogens (tertiary/aromatic N) is 2. The summed E-state index contributed by atoms with van der Waals surface area (Å²) in [5, 5.41) is 12.3. The molecule has 0 atom stereocenters. The van der Waals surface area contributed by atoms with E-state index in [1.54, 1.807) is 12.2 Å². The Labute approximate surface area is 131 Å². The minimum absolute atomic E-state index is 0.00974. The molecule has 0 fully saturated rings. The van der Waals surface area contributed by atoms with E-state index in [-0.39, 0.29) is 5.69 Å². The van der Waals surface area contributed by atoms with E-state index in [2.05, 4.69) is 4.98 Å². The summed E-state index contributed by atoms with van der Waals surface area (Å²) in [6.07, 6.45) is 3.52. The second-order valence-corrected chi connectivity index (χ2v) is 5.13. The van der Waals surface area contributed by atoms with E-state index in [1.807, 2.05) is 36.4 Å². The smallest absolute Gasteiger partial charge is 0.258 e. The Morgan fingerprint density at radius 3 is 2.68 bits per heavy atom. The molecular formula is C17H11ClN2O2. The van der Waals surface area contributed by atoms with Crippen LogP contribution in [0, 0.1) is 10.1 Å². The van der Waals surface area contributed by atoms with Crippen LogP contribution in [-0.4, -0.2) is 9.91 Å². The summed E-state index contributed by atoms with van der Waals surface area (Å²) < 4.78 is 0. The van der Waals surface area contributed by atoms with E-state index in [9.17, 15) is 10.1 Å². The molecule has 0 aliphatic rings. The molecule has 3 aromatic rings. The van der Waals surface area contributed by atoms with Crippen molar-refractivity contribution in [3.63, 3.8) is 0 Å². The van der Waals surface area contributed by atoms with Crippen LogP contribution in [0.25, 0.3) is 23.1 Å². The van der Waals surface area contributed by atoms with Crippen molar-refractivity contribution in [1.82, 2.24) is 4.98 Å². The van der Waals surface area contributed by atoms with Crippen LogP contribution in [0.2, 0.25) is 5.02 Å². The maximum Gasteiger partial charge on any atom is 0.270 e. The van der Waals surface area contributed by atoms with E-state index in [0.29, 0.717) is 10.6 Å². The van der Waals surface area contributed by atoms with Crippen LogP contribution >= 0.6 is 11.6 Å². The molecule has 0 bridgehead atoms. The van der Waals surface area contributed by atoms with Crippen molar-refractivity contribution >= 4 is 40.3 Å². The summed E-state index contributed by atoms with van der Waals surface area (Å²) in [6.45, 7) is 0. The van der Waals surface area contributed by atoms with E-state index in [1.165, 1.54) is 18.2 Å². The quantitative estimate of drug-likeness (QED) is 0.507. The van der Waals surface area contributed by atoms with Crippen LogP contribution in [-0.2, 0) is 0 Å². The Bertz CT molecular complexity index is 891. The SMILES string of the molecule is O=[N+]([O-])c1ccc(Cl)c(/C=C/c2ccc3ccccc3n2)c1. The molecule has 2 aromatic carbocycles. The van der Waals surface area contributed by atoms with Crippen molar-refractivity contribution in [3.8, 4) is 0 Å². The van der Waals surface area contributed by atoms with E-state index in [0.717, 1.165) is 16.6 Å². The zero-order chi connectivity index (χ0) is 15.5. The highest BCUT2D eigenvalue weighted by Gasteiger charge is 2.07. The maximum atomic E-state index is 10.8. The predicted molar refractivity (Wildman–Crippen MR) is 88.8 cm³/mol. The Morgan fingerprint density at radius 2 is 1.86 bits per heavy atom. The fourth-order valence-corrected chi connectivity index (χ4v) is 2.30. The molecule has 3 rings (SSSR count). The van der Waals surface area contributed by atoms with Crippen LogP contribution in [0.3, 0.4) is 0 Å². The lowest BCUT2D eigenvalue weighted by molar-refractivity contribution is -0.384. The first-order valence-corrected chi connectivity index (χ1v) is 6.99. The zero-order valence-electron chi connectivity index (χ0n) is 11.4. The number of fused-ring (bicyclic) bond motifs is 1. The van der Waals surface area contributed by atoms with Gasteiger partial charge in [0.2, 0.25) is 0 Å². The molecule has 0 amide bonds. The van der Waals surface area contributed by atoms with Crippen molar-refractivity contribution in [2.75, 3.05) is 0 Å². The van der Waals surface area contributed by atoms with Gasteiger partial charge in [0.25, 0.3) is 5.69 Å². The summed E-state index contributed by atoms with van der Waals surface area (Å²) in [6, 6.07) is 16.0. The molecule has 0 N–H and O–H groups in total. The van der Waals surface area contributed by atoms with Crippen molar-refractivity contribution in [1.29, 1.82) is 0 Å². The lowest BCUT2D eigenvalue weighted by Gasteiger charge is -2.00. The fraction of sp³-hybridized carbons (Fsp3) is 0. The van der Waals surface area contributed by atoms with Crippen LogP contribution in [0.5, 0.6) is 0 Å². The summed E-state index contributed by atoms with van der Waals surface area (Å²) in [4.78, 5) is 14.9. The van der Waals surface area contributed by atoms with Gasteiger partial charge in [0.15, 0.2) is 0 Å². The summed E-state index contributed by atoms with van der Waals surface area (Å²) in [7, 11) is 0. The highest BCUT2D eigenvalue weighted by molar-refractivity contribution is 6.32. The summed E-state index contributed by atoms with van der Waals surface area (Å²) in [5.74, 6) is 0. The Hall–Kier alpha value is -2.72. The van der Waals surface area contributed by atoms with Gasteiger partial charge in [0, 0.05) is 22.5 Å². The molecule has 0 spiro atoms. The van der Waals surface area contributed by atoms with Crippen molar-refractivity contribution in [2.45, 2.75) is 0 Å². The largest absolute Gasteiger partial charge is 0.270 e. The second kappa shape index (κ2) is 5.95. The van der Waals surface area contributed by atoms with Gasteiger partial charge in [-0.2, -0.15) is 0 Å². The van der Waals surface area contributed by atoms with Gasteiger partial charge in [-0.3, -0.25) is 10.1 Å². The minimum Gasteiger partial charge on any atom is -0.258 e. The standard InChI is InChI=1S/C17H11ClN2O2/c18-16-10-9-15(20(21)22)11-13(16)6-8-14-7-5-12-3-1-2-4-17(12)19-14/h1-11H/b8-6+. The molecule has 0 aliphatic heterocycles. The number of nitro benzene ring substituents is 1. The van der Waals surface area contributed by atoms with Crippen molar-refractivity contribution in [3.05, 3.63) is 81.0 Å². The topological polar surface area (TPSA) is 56.0 Å². The van der Waals surface area contributed by atoms with Gasteiger partial charge >= 0.3 is 0 Å². The molecule has 0 aliphatic carbocycles. The molecule has 1 aromatic heterocycles. The van der Waals surface area contributed by atoms with Gasteiger partial charge in [-0.25, -0.2) is 4.98 Å². The zero-order valence-corrected chi connectivity index (χ0v) is 12.2. The number of aromatic nitrogens is 1. The number of non-ortho nitro benzene ring substituents is 1. The normalized spacial score (nSPS) is 11.1. The summed E-state index contributed by atoms with van der Waals surface area (Å²) in [5.41, 5.74) is 2.26. The van der Waals surface area contributed by atoms with Gasteiger partial charge in [0.1, 0.15) is 0 Å². The third kappa shape index (κ3) is 2.97. The number of rotatable bonds is 3. The second-order valence-electron chi connectivity index (χ2n) is 4.73. The number of benzene rings is 2. The van der Waals surface area contributed by atoms with Gasteiger partial charge in [-0.05, 0) is 29.8 Å². The van der Waals surface area contributed by atoms with Gasteiger partial charge in [-0.1, -0.05) is 41.9 Å². The Kier molecular flexibility index (Phi) is 3.85. The first-order valence-electron chi connectivity index (χ1n) is 6.61. The molecule has 108 valence electrons. The molecule has 1 heterocycles. The number of pyridine rings is 1. The monoisotopic (exact) mass is 310 g/mol. The molecule has 22 heavy (non-hydrogen) atoms. The molecule has 0 saturated carbocycles. The van der Waals surface area contributed by atoms with Crippen LogP contribution in [0.4, 0.5) is 5.69 Å². The number of hydrogen-bond acceptors (Lipinski definition) is 3. The lowest BCUT2D eigenvalue weighted by atomic mass is 10.1. The van der Waals surface area contributed by atoms with E-state index < -0.39 is 4.92 Å². The molecule has 0 radical (unpaired) electrons. The minimum atomic E-state index is -0.443. The Morgan fingerprint density at radius 1 is 1.05 bits per heavy atom. The molecule has 0 saturated heterocycles. The average molecular weight is 311 g/mol. The first-order chi connectivity index (χ1) is 10.6. The van der Waals surface area contributed by atoms with Gasteiger partial charge in [0.05, 0.1) is 16.1 Å². The van der Waals surface area contributed by atoms with Crippen LogP contribution < -0.4 is 0 Å². The van der Waals surface area contributed by atoms with Gasteiger partial charge < -0.3 is 0 Å². The number of para-hydroxylation sites is 1. The van der Waals surface area contributed by atoms with Gasteiger partial charge in [-0.15, -0.1) is 0 Å². The Balaban J connectivity index is 1.95. The van der Waals surface area contributed by atoms with E-state index in [4.69, 9.17) is 11.6 Å². The number of nitro groups is 1. The third-order valence-corrected chi connectivity index (χ3v) is 3.59. The molecular weight excluding hydrogens is 300 g/mol. The molecule has 0 unspecified atom stereocenters. The fourth-order valence-electron chi connectivity index (χ4n) is 2.12. The maximum absolute atomic E-state index is 10.8. The van der Waals surface area contributed by atoms with Crippen molar-refractivity contribution < 1.29 is 4.92 Å². The third-order valence-electron chi connectivity index (χ3n) is 3.24. The average Bonchev–Trinajstić information content (AvgIpc) is 2.53. The van der Waals surface area contributed by atoms with E-state index >= 15 is 0 Å².